The molecule has 0 aliphatic rings. The van der Waals surface area contributed by atoms with E-state index in [4.69, 9.17) is 16.7 Å². The fraction of sp³-hybridized carbons (Fsp3) is 0.273. The molecule has 0 heterocycles. The van der Waals surface area contributed by atoms with E-state index in [1.807, 2.05) is 0 Å². The zero-order valence-electron chi connectivity index (χ0n) is 9.07. The van der Waals surface area contributed by atoms with Crippen LogP contribution in [0.4, 0.5) is 0 Å². The van der Waals surface area contributed by atoms with Crippen molar-refractivity contribution in [3.63, 3.8) is 0 Å². The number of aliphatic hydroxyl groups excluding tert-OH is 1. The minimum atomic E-state index is -0.550. The fourth-order valence-electron chi connectivity index (χ4n) is 1.14. The average molecular weight is 257 g/mol. The van der Waals surface area contributed by atoms with Gasteiger partial charge in [0.2, 0.25) is 5.91 Å². The lowest BCUT2D eigenvalue weighted by Crippen LogP contribution is -2.35. The molecular formula is C11H13ClN2O3. The number of carbonyl (C=O) groups excluding carboxylic acids is 2. The summed E-state index contributed by atoms with van der Waals surface area (Å²) in [6.45, 7) is 0.0249. The van der Waals surface area contributed by atoms with Gasteiger partial charge in [-0.2, -0.15) is 0 Å². The van der Waals surface area contributed by atoms with E-state index in [1.54, 1.807) is 24.3 Å². The molecule has 3 N–H and O–H groups in total. The number of hydrogen-bond donors (Lipinski definition) is 3. The van der Waals surface area contributed by atoms with Gasteiger partial charge < -0.3 is 15.7 Å². The molecule has 0 spiro atoms. The van der Waals surface area contributed by atoms with Crippen molar-refractivity contribution in [2.24, 2.45) is 0 Å². The van der Waals surface area contributed by atoms with Gasteiger partial charge in [-0.25, -0.2) is 0 Å². The maximum absolute atomic E-state index is 11.6. The van der Waals surface area contributed by atoms with Crippen molar-refractivity contribution in [2.75, 3.05) is 19.7 Å². The van der Waals surface area contributed by atoms with Crippen molar-refractivity contribution in [1.29, 1.82) is 0 Å². The third kappa shape index (κ3) is 4.84. The topological polar surface area (TPSA) is 78.4 Å². The van der Waals surface area contributed by atoms with Crippen LogP contribution in [0.15, 0.2) is 24.3 Å². The van der Waals surface area contributed by atoms with E-state index in [1.165, 1.54) is 0 Å². The van der Waals surface area contributed by atoms with Gasteiger partial charge in [0.05, 0.1) is 0 Å². The van der Waals surface area contributed by atoms with Gasteiger partial charge >= 0.3 is 0 Å². The molecule has 17 heavy (non-hydrogen) atoms. The highest BCUT2D eigenvalue weighted by Gasteiger charge is 2.04. The molecule has 0 aliphatic heterocycles. The molecule has 0 aliphatic carbocycles. The van der Waals surface area contributed by atoms with Crippen LogP contribution in [0.1, 0.15) is 10.4 Å². The van der Waals surface area contributed by atoms with Gasteiger partial charge in [-0.05, 0) is 24.3 Å². The molecule has 0 fully saturated rings. The Hall–Kier alpha value is -1.59. The Morgan fingerprint density at radius 1 is 1.12 bits per heavy atom. The summed E-state index contributed by atoms with van der Waals surface area (Å²) < 4.78 is 0. The van der Waals surface area contributed by atoms with Crippen LogP contribution in [0.2, 0.25) is 5.02 Å². The first-order valence-corrected chi connectivity index (χ1v) is 5.42. The van der Waals surface area contributed by atoms with Crippen molar-refractivity contribution in [3.8, 4) is 0 Å². The Morgan fingerprint density at radius 3 is 2.29 bits per heavy atom. The van der Waals surface area contributed by atoms with Gasteiger partial charge in [-0.1, -0.05) is 11.6 Å². The number of amides is 2. The van der Waals surface area contributed by atoms with Crippen LogP contribution in [-0.4, -0.2) is 36.6 Å². The van der Waals surface area contributed by atoms with Gasteiger partial charge in [-0.3, -0.25) is 9.59 Å². The van der Waals surface area contributed by atoms with Crippen molar-refractivity contribution in [1.82, 2.24) is 10.6 Å². The lowest BCUT2D eigenvalue weighted by molar-refractivity contribution is -0.123. The third-order valence-corrected chi connectivity index (χ3v) is 2.23. The summed E-state index contributed by atoms with van der Waals surface area (Å²) in [4.78, 5) is 22.2. The van der Waals surface area contributed by atoms with Crippen LogP contribution in [0, 0.1) is 0 Å². The summed E-state index contributed by atoms with van der Waals surface area (Å²) in [5.74, 6) is -0.703. The molecule has 1 rings (SSSR count). The Balaban J connectivity index is 2.30. The SMILES string of the molecule is O=C(CO)NCCNC(=O)c1ccc(Cl)cc1. The number of carbonyl (C=O) groups is 2. The molecule has 6 heteroatoms. The Bertz CT molecular complexity index is 392. The smallest absolute Gasteiger partial charge is 0.251 e. The Labute approximate surface area is 104 Å². The van der Waals surface area contributed by atoms with E-state index in [-0.39, 0.29) is 12.5 Å². The number of halogens is 1. The second-order valence-corrected chi connectivity index (χ2v) is 3.71. The van der Waals surface area contributed by atoms with E-state index in [9.17, 15) is 9.59 Å². The fourth-order valence-corrected chi connectivity index (χ4v) is 1.26. The van der Waals surface area contributed by atoms with Crippen molar-refractivity contribution in [3.05, 3.63) is 34.9 Å². The van der Waals surface area contributed by atoms with Crippen LogP contribution in [0.5, 0.6) is 0 Å². The molecule has 0 radical (unpaired) electrons. The number of benzene rings is 1. The highest BCUT2D eigenvalue weighted by molar-refractivity contribution is 6.30. The quantitative estimate of drug-likeness (QED) is 0.658. The highest BCUT2D eigenvalue weighted by Crippen LogP contribution is 2.08. The molecule has 0 saturated heterocycles. The molecule has 5 nitrogen and oxygen atoms in total. The van der Waals surface area contributed by atoms with Crippen molar-refractivity contribution < 1.29 is 14.7 Å². The summed E-state index contributed by atoms with van der Waals surface area (Å²) in [5, 5.41) is 14.0. The van der Waals surface area contributed by atoms with Crippen LogP contribution < -0.4 is 10.6 Å². The van der Waals surface area contributed by atoms with Gasteiger partial charge in [0.15, 0.2) is 0 Å². The Kier molecular flexibility index (Phi) is 5.45. The lowest BCUT2D eigenvalue weighted by atomic mass is 10.2. The van der Waals surface area contributed by atoms with Gasteiger partial charge in [0.1, 0.15) is 6.61 Å². The monoisotopic (exact) mass is 256 g/mol. The second kappa shape index (κ2) is 6.88. The Morgan fingerprint density at radius 2 is 1.71 bits per heavy atom. The number of rotatable bonds is 5. The van der Waals surface area contributed by atoms with Gasteiger partial charge in [0, 0.05) is 23.7 Å². The first kappa shape index (κ1) is 13.5. The zero-order valence-corrected chi connectivity index (χ0v) is 9.83. The van der Waals surface area contributed by atoms with E-state index in [0.717, 1.165) is 0 Å². The van der Waals surface area contributed by atoms with Crippen molar-refractivity contribution >= 4 is 23.4 Å². The van der Waals surface area contributed by atoms with E-state index < -0.39 is 12.5 Å². The first-order chi connectivity index (χ1) is 8.13. The number of nitrogens with one attached hydrogen (secondary N) is 2. The van der Waals surface area contributed by atoms with Crippen molar-refractivity contribution in [2.45, 2.75) is 0 Å². The average Bonchev–Trinajstić information content (AvgIpc) is 2.34. The predicted octanol–water partition coefficient (Wildman–Crippen LogP) is 0.178. The van der Waals surface area contributed by atoms with E-state index in [2.05, 4.69) is 10.6 Å². The molecule has 2 amide bonds. The molecule has 92 valence electrons. The van der Waals surface area contributed by atoms with E-state index >= 15 is 0 Å². The molecule has 0 saturated carbocycles. The maximum atomic E-state index is 11.6. The summed E-state index contributed by atoms with van der Waals surface area (Å²) >= 11 is 5.69. The largest absolute Gasteiger partial charge is 0.387 e. The zero-order chi connectivity index (χ0) is 12.7. The van der Waals surface area contributed by atoms with Crippen LogP contribution >= 0.6 is 11.6 Å². The standard InChI is InChI=1S/C11H13ClN2O3/c12-9-3-1-8(2-4-9)11(17)14-6-5-13-10(16)7-15/h1-4,15H,5-7H2,(H,13,16)(H,14,17). The van der Waals surface area contributed by atoms with Crippen LogP contribution in [0.25, 0.3) is 0 Å². The molecular weight excluding hydrogens is 244 g/mol. The normalized spacial score (nSPS) is 9.76. The third-order valence-electron chi connectivity index (χ3n) is 1.98. The van der Waals surface area contributed by atoms with Crippen LogP contribution in [0.3, 0.4) is 0 Å². The number of hydrogen-bond acceptors (Lipinski definition) is 3. The number of aliphatic hydroxyl groups is 1. The van der Waals surface area contributed by atoms with Crippen LogP contribution in [-0.2, 0) is 4.79 Å². The van der Waals surface area contributed by atoms with Gasteiger partial charge in [-0.15, -0.1) is 0 Å². The molecule has 0 unspecified atom stereocenters. The second-order valence-electron chi connectivity index (χ2n) is 3.27. The van der Waals surface area contributed by atoms with E-state index in [0.29, 0.717) is 17.1 Å². The maximum Gasteiger partial charge on any atom is 0.251 e. The summed E-state index contributed by atoms with van der Waals surface area (Å²) in [5.41, 5.74) is 0.503. The molecule has 1 aromatic carbocycles. The summed E-state index contributed by atoms with van der Waals surface area (Å²) in [6, 6.07) is 6.49. The lowest BCUT2D eigenvalue weighted by Gasteiger charge is -2.06. The summed E-state index contributed by atoms with van der Waals surface area (Å²) in [6.07, 6.45) is 0. The molecule has 1 aromatic rings. The predicted molar refractivity (Wildman–Crippen MR) is 63.9 cm³/mol. The highest BCUT2D eigenvalue weighted by atomic mass is 35.5. The minimum Gasteiger partial charge on any atom is -0.387 e. The molecule has 0 aromatic heterocycles. The van der Waals surface area contributed by atoms with Gasteiger partial charge in [0.25, 0.3) is 5.91 Å². The summed E-state index contributed by atoms with van der Waals surface area (Å²) in [7, 11) is 0. The first-order valence-electron chi connectivity index (χ1n) is 5.05. The molecule has 0 atom stereocenters. The minimum absolute atomic E-state index is 0.236. The molecule has 0 bridgehead atoms.